The monoisotopic (exact) mass is 321 g/mol. The van der Waals surface area contributed by atoms with Crippen molar-refractivity contribution >= 4 is 23.2 Å². The van der Waals surface area contributed by atoms with Crippen LogP contribution < -0.4 is 5.32 Å². The van der Waals surface area contributed by atoms with Crippen molar-refractivity contribution in [1.82, 2.24) is 5.32 Å². The van der Waals surface area contributed by atoms with Crippen LogP contribution in [-0.4, -0.2) is 51.2 Å². The summed E-state index contributed by atoms with van der Waals surface area (Å²) in [5.41, 5.74) is 1.04. The Bertz CT molecular complexity index is 391. The van der Waals surface area contributed by atoms with Crippen LogP contribution in [0.15, 0.2) is 18.2 Å². The van der Waals surface area contributed by atoms with E-state index in [1.807, 2.05) is 12.1 Å². The van der Waals surface area contributed by atoms with E-state index in [9.17, 15) is 5.11 Å². The lowest BCUT2D eigenvalue weighted by Crippen LogP contribution is -2.32. The van der Waals surface area contributed by atoms with Crippen molar-refractivity contribution in [1.29, 1.82) is 0 Å². The first-order chi connectivity index (χ1) is 9.63. The van der Waals surface area contributed by atoms with E-state index in [-0.39, 0.29) is 0 Å². The first-order valence-electron chi connectivity index (χ1n) is 6.53. The van der Waals surface area contributed by atoms with Gasteiger partial charge in [-0.2, -0.15) is 0 Å². The number of benzene rings is 1. The van der Waals surface area contributed by atoms with Gasteiger partial charge in [0.1, 0.15) is 0 Å². The molecule has 0 saturated carbocycles. The largest absolute Gasteiger partial charge is 0.389 e. The second kappa shape index (κ2) is 10.4. The standard InChI is InChI=1S/C14H21Cl2NO3/c1-19-6-7-20-10-13(18)9-17-5-4-11-2-3-12(15)8-14(11)16/h2-3,8,13,17-18H,4-7,9-10H2,1H3. The molecule has 0 saturated heterocycles. The fourth-order valence-electron chi connectivity index (χ4n) is 1.64. The van der Waals surface area contributed by atoms with Gasteiger partial charge in [-0.15, -0.1) is 0 Å². The molecule has 6 heteroatoms. The average Bonchev–Trinajstić information content (AvgIpc) is 2.41. The molecule has 0 heterocycles. The number of halogens is 2. The van der Waals surface area contributed by atoms with Crippen molar-refractivity contribution in [3.05, 3.63) is 33.8 Å². The zero-order valence-electron chi connectivity index (χ0n) is 11.6. The summed E-state index contributed by atoms with van der Waals surface area (Å²) >= 11 is 11.9. The third-order valence-corrected chi connectivity index (χ3v) is 3.30. The number of aliphatic hydroxyl groups is 1. The molecule has 1 aromatic rings. The second-order valence-corrected chi connectivity index (χ2v) is 5.26. The molecule has 114 valence electrons. The minimum atomic E-state index is -0.521. The zero-order chi connectivity index (χ0) is 14.8. The van der Waals surface area contributed by atoms with Crippen molar-refractivity contribution in [2.45, 2.75) is 12.5 Å². The SMILES string of the molecule is COCCOCC(O)CNCCc1ccc(Cl)cc1Cl. The first-order valence-corrected chi connectivity index (χ1v) is 7.28. The lowest BCUT2D eigenvalue weighted by atomic mass is 10.1. The lowest BCUT2D eigenvalue weighted by Gasteiger charge is -2.12. The molecule has 0 aromatic heterocycles. The minimum absolute atomic E-state index is 0.304. The van der Waals surface area contributed by atoms with E-state index >= 15 is 0 Å². The van der Waals surface area contributed by atoms with Gasteiger partial charge in [0.05, 0.1) is 25.9 Å². The normalized spacial score (nSPS) is 12.6. The number of nitrogens with one attached hydrogen (secondary N) is 1. The van der Waals surface area contributed by atoms with Crippen LogP contribution in [0.2, 0.25) is 10.0 Å². The molecule has 4 nitrogen and oxygen atoms in total. The maximum atomic E-state index is 9.66. The van der Waals surface area contributed by atoms with Gasteiger partial charge in [0, 0.05) is 23.7 Å². The summed E-state index contributed by atoms with van der Waals surface area (Å²) in [6.45, 7) is 2.55. The van der Waals surface area contributed by atoms with Crippen molar-refractivity contribution in [2.24, 2.45) is 0 Å². The number of ether oxygens (including phenoxy) is 2. The highest BCUT2D eigenvalue weighted by molar-refractivity contribution is 6.35. The highest BCUT2D eigenvalue weighted by Crippen LogP contribution is 2.20. The Kier molecular flexibility index (Phi) is 9.18. The summed E-state index contributed by atoms with van der Waals surface area (Å²) < 4.78 is 10.1. The lowest BCUT2D eigenvalue weighted by molar-refractivity contribution is 0.0139. The molecule has 0 aliphatic rings. The van der Waals surface area contributed by atoms with Gasteiger partial charge in [0.2, 0.25) is 0 Å². The summed E-state index contributed by atoms with van der Waals surface area (Å²) in [6.07, 6.45) is 0.264. The quantitative estimate of drug-likeness (QED) is 0.648. The Balaban J connectivity index is 2.12. The predicted octanol–water partition coefficient (Wildman–Crippen LogP) is 2.15. The van der Waals surface area contributed by atoms with Crippen LogP contribution in [-0.2, 0) is 15.9 Å². The molecule has 0 radical (unpaired) electrons. The minimum Gasteiger partial charge on any atom is -0.389 e. The zero-order valence-corrected chi connectivity index (χ0v) is 13.1. The fraction of sp³-hybridized carbons (Fsp3) is 0.571. The summed E-state index contributed by atoms with van der Waals surface area (Å²) in [7, 11) is 1.61. The molecule has 1 unspecified atom stereocenters. The number of methoxy groups -OCH3 is 1. The van der Waals surface area contributed by atoms with Crippen LogP contribution in [0.4, 0.5) is 0 Å². The van der Waals surface area contributed by atoms with E-state index in [1.54, 1.807) is 13.2 Å². The van der Waals surface area contributed by atoms with Gasteiger partial charge in [0.25, 0.3) is 0 Å². The molecule has 0 fully saturated rings. The highest BCUT2D eigenvalue weighted by Gasteiger charge is 2.05. The van der Waals surface area contributed by atoms with Gasteiger partial charge in [-0.3, -0.25) is 0 Å². The Labute approximate surface area is 130 Å². The predicted molar refractivity (Wildman–Crippen MR) is 81.7 cm³/mol. The molecule has 1 aromatic carbocycles. The van der Waals surface area contributed by atoms with E-state index < -0.39 is 6.10 Å². The first kappa shape index (κ1) is 17.7. The van der Waals surface area contributed by atoms with Crippen molar-refractivity contribution in [3.8, 4) is 0 Å². The summed E-state index contributed by atoms with van der Waals surface area (Å²) in [5, 5.41) is 14.1. The van der Waals surface area contributed by atoms with Gasteiger partial charge in [-0.1, -0.05) is 29.3 Å². The fourth-order valence-corrected chi connectivity index (χ4v) is 2.14. The molecular weight excluding hydrogens is 301 g/mol. The topological polar surface area (TPSA) is 50.7 Å². The maximum Gasteiger partial charge on any atom is 0.0897 e. The number of hydrogen-bond donors (Lipinski definition) is 2. The molecule has 2 N–H and O–H groups in total. The second-order valence-electron chi connectivity index (χ2n) is 4.41. The Morgan fingerprint density at radius 2 is 2.10 bits per heavy atom. The van der Waals surface area contributed by atoms with E-state index in [0.717, 1.165) is 18.5 Å². The summed E-state index contributed by atoms with van der Waals surface area (Å²) in [6, 6.07) is 5.47. The smallest absolute Gasteiger partial charge is 0.0897 e. The molecule has 20 heavy (non-hydrogen) atoms. The van der Waals surface area contributed by atoms with Crippen molar-refractivity contribution in [2.75, 3.05) is 40.0 Å². The third-order valence-electron chi connectivity index (χ3n) is 2.71. The van der Waals surface area contributed by atoms with Crippen LogP contribution in [0.5, 0.6) is 0 Å². The number of hydrogen-bond acceptors (Lipinski definition) is 4. The maximum absolute atomic E-state index is 9.66. The Morgan fingerprint density at radius 3 is 2.80 bits per heavy atom. The Hall–Kier alpha value is -0.360. The molecular formula is C14H21Cl2NO3. The van der Waals surface area contributed by atoms with E-state index in [0.29, 0.717) is 36.4 Å². The average molecular weight is 322 g/mol. The summed E-state index contributed by atoms with van der Waals surface area (Å²) in [4.78, 5) is 0. The third kappa shape index (κ3) is 7.43. The molecule has 1 atom stereocenters. The summed E-state index contributed by atoms with van der Waals surface area (Å²) in [5.74, 6) is 0. The molecule has 0 amide bonds. The molecule has 0 bridgehead atoms. The van der Waals surface area contributed by atoms with Gasteiger partial charge >= 0.3 is 0 Å². The van der Waals surface area contributed by atoms with Gasteiger partial charge in [0.15, 0.2) is 0 Å². The van der Waals surface area contributed by atoms with E-state index in [1.165, 1.54) is 0 Å². The van der Waals surface area contributed by atoms with Crippen molar-refractivity contribution < 1.29 is 14.6 Å². The number of rotatable bonds is 10. The molecule has 1 rings (SSSR count). The molecule has 0 spiro atoms. The van der Waals surface area contributed by atoms with Crippen LogP contribution in [0.3, 0.4) is 0 Å². The van der Waals surface area contributed by atoms with E-state index in [4.69, 9.17) is 32.7 Å². The van der Waals surface area contributed by atoms with Crippen LogP contribution in [0.1, 0.15) is 5.56 Å². The van der Waals surface area contributed by atoms with Gasteiger partial charge in [-0.05, 0) is 30.7 Å². The van der Waals surface area contributed by atoms with Crippen LogP contribution in [0.25, 0.3) is 0 Å². The Morgan fingerprint density at radius 1 is 1.30 bits per heavy atom. The van der Waals surface area contributed by atoms with E-state index in [2.05, 4.69) is 5.32 Å². The van der Waals surface area contributed by atoms with Crippen molar-refractivity contribution in [3.63, 3.8) is 0 Å². The van der Waals surface area contributed by atoms with Crippen LogP contribution >= 0.6 is 23.2 Å². The number of aliphatic hydroxyl groups excluding tert-OH is 1. The van der Waals surface area contributed by atoms with Crippen LogP contribution in [0, 0.1) is 0 Å². The van der Waals surface area contributed by atoms with Gasteiger partial charge in [-0.25, -0.2) is 0 Å². The molecule has 0 aliphatic carbocycles. The molecule has 0 aliphatic heterocycles. The highest BCUT2D eigenvalue weighted by atomic mass is 35.5. The van der Waals surface area contributed by atoms with Gasteiger partial charge < -0.3 is 19.9 Å².